The van der Waals surface area contributed by atoms with Gasteiger partial charge in [0.25, 0.3) is 0 Å². The molecule has 1 N–H and O–H groups in total. The van der Waals surface area contributed by atoms with Crippen molar-refractivity contribution in [3.8, 4) is 0 Å². The first kappa shape index (κ1) is 6.85. The molecule has 1 aromatic rings. The van der Waals surface area contributed by atoms with Crippen LogP contribution in [0.3, 0.4) is 0 Å². The molecular formula is C8H12N2O. The minimum absolute atomic E-state index is 0.547. The molecular weight excluding hydrogens is 140 g/mol. The summed E-state index contributed by atoms with van der Waals surface area (Å²) in [5.41, 5.74) is 0. The molecule has 3 nitrogen and oxygen atoms in total. The molecule has 0 unspecified atom stereocenters. The summed E-state index contributed by atoms with van der Waals surface area (Å²) in [5, 5.41) is 7.03. The highest BCUT2D eigenvalue weighted by atomic mass is 16.5. The maximum absolute atomic E-state index is 5.08. The third-order valence-corrected chi connectivity index (χ3v) is 2.16. The van der Waals surface area contributed by atoms with Crippen LogP contribution < -0.4 is 5.32 Å². The second-order valence-corrected chi connectivity index (χ2v) is 2.96. The highest BCUT2D eigenvalue weighted by molar-refractivity contribution is 5.03. The van der Waals surface area contributed by atoms with E-state index < -0.39 is 0 Å². The summed E-state index contributed by atoms with van der Waals surface area (Å²) in [6, 6.07) is 1.96. The normalized spacial score (nSPS) is 25.3. The fraction of sp³-hybridized carbons (Fsp3) is 0.625. The number of nitrogens with one attached hydrogen (secondary N) is 1. The van der Waals surface area contributed by atoms with Gasteiger partial charge < -0.3 is 9.84 Å². The van der Waals surface area contributed by atoms with Crippen molar-refractivity contribution in [1.82, 2.24) is 10.5 Å². The first-order chi connectivity index (χ1) is 5.47. The molecule has 11 heavy (non-hydrogen) atoms. The summed E-state index contributed by atoms with van der Waals surface area (Å²) in [6.07, 6.45) is 4.18. The van der Waals surface area contributed by atoms with Gasteiger partial charge in [0.1, 0.15) is 5.76 Å². The summed E-state index contributed by atoms with van der Waals surface area (Å²) >= 11 is 0. The van der Waals surface area contributed by atoms with Gasteiger partial charge in [0.15, 0.2) is 0 Å². The van der Waals surface area contributed by atoms with Gasteiger partial charge in [0.05, 0.1) is 6.20 Å². The summed E-state index contributed by atoms with van der Waals surface area (Å²) in [7, 11) is 0. The summed E-state index contributed by atoms with van der Waals surface area (Å²) < 4.78 is 5.08. The van der Waals surface area contributed by atoms with E-state index in [9.17, 15) is 0 Å². The fourth-order valence-corrected chi connectivity index (χ4v) is 1.53. The number of nitrogens with zero attached hydrogens (tertiary/aromatic N) is 1. The zero-order valence-electron chi connectivity index (χ0n) is 6.42. The molecule has 1 atom stereocenters. The molecule has 1 aliphatic rings. The van der Waals surface area contributed by atoms with Crippen LogP contribution in [0.4, 0.5) is 0 Å². The number of hydrogen-bond acceptors (Lipinski definition) is 3. The molecule has 0 bridgehead atoms. The molecule has 2 heterocycles. The van der Waals surface area contributed by atoms with Gasteiger partial charge in [-0.15, -0.1) is 0 Å². The Morgan fingerprint density at radius 3 is 3.27 bits per heavy atom. The first-order valence-corrected chi connectivity index (χ1v) is 4.08. The maximum Gasteiger partial charge on any atom is 0.141 e. The van der Waals surface area contributed by atoms with Crippen molar-refractivity contribution in [1.29, 1.82) is 0 Å². The van der Waals surface area contributed by atoms with E-state index in [1.807, 2.05) is 6.07 Å². The third kappa shape index (κ3) is 1.43. The average Bonchev–Trinajstić information content (AvgIpc) is 2.58. The molecule has 3 heteroatoms. The van der Waals surface area contributed by atoms with Crippen molar-refractivity contribution < 1.29 is 4.52 Å². The molecule has 0 saturated carbocycles. The molecule has 0 aliphatic carbocycles. The van der Waals surface area contributed by atoms with Crippen LogP contribution in [0, 0.1) is 0 Å². The van der Waals surface area contributed by atoms with Gasteiger partial charge in [-0.05, 0) is 19.4 Å². The predicted octanol–water partition coefficient (Wildman–Crippen LogP) is 1.14. The minimum atomic E-state index is 0.547. The van der Waals surface area contributed by atoms with Gasteiger partial charge in [0, 0.05) is 18.5 Å². The standard InChI is InChI=1S/C8H12N2O/c1-2-7(6-9-4-1)8-3-5-10-11-8/h3,5,7,9H,1-2,4,6H2/t7-/m0/s1. The van der Waals surface area contributed by atoms with Crippen LogP contribution in [0.5, 0.6) is 0 Å². The predicted molar refractivity (Wildman–Crippen MR) is 41.3 cm³/mol. The van der Waals surface area contributed by atoms with E-state index in [-0.39, 0.29) is 0 Å². The van der Waals surface area contributed by atoms with Crippen LogP contribution in [-0.2, 0) is 0 Å². The van der Waals surface area contributed by atoms with E-state index in [1.54, 1.807) is 6.20 Å². The Morgan fingerprint density at radius 1 is 1.64 bits per heavy atom. The van der Waals surface area contributed by atoms with Crippen LogP contribution in [0.25, 0.3) is 0 Å². The number of hydrogen-bond donors (Lipinski definition) is 1. The molecule has 0 spiro atoms. The summed E-state index contributed by atoms with van der Waals surface area (Å²) in [6.45, 7) is 2.18. The zero-order chi connectivity index (χ0) is 7.52. The number of piperidine rings is 1. The average molecular weight is 152 g/mol. The lowest BCUT2D eigenvalue weighted by molar-refractivity contribution is 0.329. The van der Waals surface area contributed by atoms with Crippen LogP contribution in [0.2, 0.25) is 0 Å². The highest BCUT2D eigenvalue weighted by Gasteiger charge is 2.17. The SMILES string of the molecule is c1cc([C@H]2CCCNC2)on1. The van der Waals surface area contributed by atoms with Gasteiger partial charge in [-0.1, -0.05) is 5.16 Å². The zero-order valence-corrected chi connectivity index (χ0v) is 6.42. The topological polar surface area (TPSA) is 38.1 Å². The molecule has 0 aromatic carbocycles. The van der Waals surface area contributed by atoms with Crippen LogP contribution in [0.1, 0.15) is 24.5 Å². The van der Waals surface area contributed by atoms with E-state index in [2.05, 4.69) is 10.5 Å². The Bertz CT molecular complexity index is 202. The van der Waals surface area contributed by atoms with Crippen molar-refractivity contribution in [3.63, 3.8) is 0 Å². The smallest absolute Gasteiger partial charge is 0.141 e. The maximum atomic E-state index is 5.08. The van der Waals surface area contributed by atoms with E-state index >= 15 is 0 Å². The highest BCUT2D eigenvalue weighted by Crippen LogP contribution is 2.21. The molecule has 0 amide bonds. The van der Waals surface area contributed by atoms with Gasteiger partial charge in [-0.2, -0.15) is 0 Å². The fourth-order valence-electron chi connectivity index (χ4n) is 1.53. The van der Waals surface area contributed by atoms with Crippen molar-refractivity contribution in [2.75, 3.05) is 13.1 Å². The van der Waals surface area contributed by atoms with Gasteiger partial charge in [0.2, 0.25) is 0 Å². The lowest BCUT2D eigenvalue weighted by atomic mass is 9.97. The molecule has 1 aliphatic heterocycles. The van der Waals surface area contributed by atoms with E-state index in [0.717, 1.165) is 18.8 Å². The number of aromatic nitrogens is 1. The minimum Gasteiger partial charge on any atom is -0.361 e. The summed E-state index contributed by atoms with van der Waals surface area (Å²) in [5.74, 6) is 1.57. The van der Waals surface area contributed by atoms with Crippen LogP contribution >= 0.6 is 0 Å². The summed E-state index contributed by atoms with van der Waals surface area (Å²) in [4.78, 5) is 0. The monoisotopic (exact) mass is 152 g/mol. The molecule has 1 aromatic heterocycles. The Labute approximate surface area is 65.8 Å². The van der Waals surface area contributed by atoms with E-state index in [4.69, 9.17) is 4.52 Å². The van der Waals surface area contributed by atoms with Gasteiger partial charge >= 0.3 is 0 Å². The molecule has 1 fully saturated rings. The van der Waals surface area contributed by atoms with Crippen molar-refractivity contribution in [3.05, 3.63) is 18.0 Å². The van der Waals surface area contributed by atoms with E-state index in [0.29, 0.717) is 5.92 Å². The lowest BCUT2D eigenvalue weighted by Crippen LogP contribution is -2.28. The van der Waals surface area contributed by atoms with Crippen molar-refractivity contribution in [2.24, 2.45) is 0 Å². The molecule has 2 rings (SSSR count). The quantitative estimate of drug-likeness (QED) is 0.655. The lowest BCUT2D eigenvalue weighted by Gasteiger charge is -2.19. The number of rotatable bonds is 1. The Morgan fingerprint density at radius 2 is 2.64 bits per heavy atom. The van der Waals surface area contributed by atoms with Gasteiger partial charge in [-0.25, -0.2) is 0 Å². The second kappa shape index (κ2) is 3.05. The largest absolute Gasteiger partial charge is 0.361 e. The van der Waals surface area contributed by atoms with Crippen LogP contribution in [0.15, 0.2) is 16.8 Å². The molecule has 0 radical (unpaired) electrons. The second-order valence-electron chi connectivity index (χ2n) is 2.96. The Kier molecular flexibility index (Phi) is 1.90. The van der Waals surface area contributed by atoms with E-state index in [1.165, 1.54) is 12.8 Å². The Hall–Kier alpha value is -0.830. The molecule has 1 saturated heterocycles. The van der Waals surface area contributed by atoms with Gasteiger partial charge in [-0.3, -0.25) is 0 Å². The Balaban J connectivity index is 2.04. The van der Waals surface area contributed by atoms with Crippen LogP contribution in [-0.4, -0.2) is 18.2 Å². The molecule has 60 valence electrons. The third-order valence-electron chi connectivity index (χ3n) is 2.16. The first-order valence-electron chi connectivity index (χ1n) is 4.08. The van der Waals surface area contributed by atoms with Crippen molar-refractivity contribution >= 4 is 0 Å². The van der Waals surface area contributed by atoms with Crippen molar-refractivity contribution in [2.45, 2.75) is 18.8 Å².